The molecular formula is C18H19N3O5. The highest BCUT2D eigenvalue weighted by Crippen LogP contribution is 2.34. The lowest BCUT2D eigenvalue weighted by molar-refractivity contribution is -0.359. The zero-order valence-corrected chi connectivity index (χ0v) is 14.0. The summed E-state index contributed by atoms with van der Waals surface area (Å²) in [5.41, 5.74) is 1.94. The molecule has 1 aromatic carbocycles. The molecule has 1 fully saturated rings. The van der Waals surface area contributed by atoms with E-state index in [9.17, 15) is 20.3 Å². The van der Waals surface area contributed by atoms with E-state index < -0.39 is 6.09 Å². The van der Waals surface area contributed by atoms with E-state index in [0.717, 1.165) is 12.8 Å². The van der Waals surface area contributed by atoms with Crippen LogP contribution in [0.1, 0.15) is 12.8 Å². The normalized spacial score (nSPS) is 18.6. The van der Waals surface area contributed by atoms with Gasteiger partial charge in [0, 0.05) is 24.7 Å². The first-order valence-electron chi connectivity index (χ1n) is 8.14. The highest BCUT2D eigenvalue weighted by molar-refractivity contribution is 6.12. The number of rotatable bonds is 3. The quantitative estimate of drug-likeness (QED) is 0.332. The number of carbonyl (C=O) groups is 1. The molecule has 1 heterocycles. The number of aromatic hydroxyl groups is 1. The number of likely N-dealkylation sites (tertiary alicyclic amines) is 1. The minimum atomic E-state index is -0.529. The number of nitrogens with zero attached hydrogens (tertiary/aromatic N) is 2. The van der Waals surface area contributed by atoms with Crippen LogP contribution in [0.2, 0.25) is 0 Å². The van der Waals surface area contributed by atoms with Gasteiger partial charge in [0.1, 0.15) is 5.75 Å². The third-order valence-electron chi connectivity index (χ3n) is 4.20. The van der Waals surface area contributed by atoms with E-state index in [0.29, 0.717) is 23.4 Å². The van der Waals surface area contributed by atoms with E-state index in [1.54, 1.807) is 17.1 Å². The molecule has 0 saturated carbocycles. The molecule has 3 N–H and O–H groups in total. The van der Waals surface area contributed by atoms with Gasteiger partial charge in [0.05, 0.1) is 0 Å². The number of benzene rings is 1. The van der Waals surface area contributed by atoms with Crippen LogP contribution >= 0.6 is 0 Å². The molecule has 0 radical (unpaired) electrons. The van der Waals surface area contributed by atoms with Crippen molar-refractivity contribution < 1.29 is 24.6 Å². The van der Waals surface area contributed by atoms with Crippen molar-refractivity contribution in [2.45, 2.75) is 12.8 Å². The second-order valence-electron chi connectivity index (χ2n) is 5.90. The Hall–Kier alpha value is -3.26. The maximum absolute atomic E-state index is 12.9. The van der Waals surface area contributed by atoms with Gasteiger partial charge in [-0.2, -0.15) is 4.74 Å². The zero-order valence-electron chi connectivity index (χ0n) is 14.0. The molecule has 1 aliphatic carbocycles. The molecule has 3 rings (SSSR count). The molecule has 0 spiro atoms. The molecular weight excluding hydrogens is 338 g/mol. The second kappa shape index (κ2) is 7.32. The van der Waals surface area contributed by atoms with E-state index in [2.05, 4.69) is 6.58 Å². The minimum Gasteiger partial charge on any atom is -0.618 e. The topological polar surface area (TPSA) is 108 Å². The van der Waals surface area contributed by atoms with Gasteiger partial charge < -0.3 is 20.0 Å². The zero-order chi connectivity index (χ0) is 18.7. The van der Waals surface area contributed by atoms with E-state index in [1.807, 2.05) is 5.48 Å². The second-order valence-corrected chi connectivity index (χ2v) is 5.90. The summed E-state index contributed by atoms with van der Waals surface area (Å²) in [4.78, 5) is 13.9. The minimum absolute atomic E-state index is 0.0159. The number of phenols is 1. The number of hydrogen-bond acceptors (Lipinski definition) is 6. The SMILES string of the molecule is C=C1C=CC=C(OC(=O)N2CCCC2)/C1=[N+](\[O-])c1cccc(O)c1NO. The summed E-state index contributed by atoms with van der Waals surface area (Å²) in [6.07, 6.45) is 6.03. The highest BCUT2D eigenvalue weighted by atomic mass is 16.6. The lowest BCUT2D eigenvalue weighted by Crippen LogP contribution is -2.31. The van der Waals surface area contributed by atoms with Crippen LogP contribution in [0.25, 0.3) is 0 Å². The predicted octanol–water partition coefficient (Wildman–Crippen LogP) is 3.02. The van der Waals surface area contributed by atoms with Crippen LogP contribution in [-0.4, -0.2) is 44.8 Å². The number of hydrogen-bond donors (Lipinski definition) is 3. The van der Waals surface area contributed by atoms with Crippen LogP contribution in [0.5, 0.6) is 5.75 Å². The number of allylic oxidation sites excluding steroid dienone is 4. The third-order valence-corrected chi connectivity index (χ3v) is 4.20. The highest BCUT2D eigenvalue weighted by Gasteiger charge is 2.30. The molecule has 0 atom stereocenters. The Morgan fingerprint density at radius 1 is 1.35 bits per heavy atom. The van der Waals surface area contributed by atoms with Crippen molar-refractivity contribution in [3.8, 4) is 5.75 Å². The Balaban J connectivity index is 1.99. The van der Waals surface area contributed by atoms with Gasteiger partial charge in [-0.15, -0.1) is 0 Å². The largest absolute Gasteiger partial charge is 0.618 e. The van der Waals surface area contributed by atoms with Crippen molar-refractivity contribution in [2.24, 2.45) is 0 Å². The summed E-state index contributed by atoms with van der Waals surface area (Å²) < 4.78 is 5.87. The number of phenolic OH excluding ortho intramolecular Hbond substituents is 1. The summed E-state index contributed by atoms with van der Waals surface area (Å²) >= 11 is 0. The van der Waals surface area contributed by atoms with Gasteiger partial charge in [0.15, 0.2) is 5.69 Å². The monoisotopic (exact) mass is 357 g/mol. The van der Waals surface area contributed by atoms with E-state index in [4.69, 9.17) is 4.74 Å². The van der Waals surface area contributed by atoms with Gasteiger partial charge in [-0.05, 0) is 31.1 Å². The molecule has 8 heteroatoms. The lowest BCUT2D eigenvalue weighted by Gasteiger charge is -2.19. The van der Waals surface area contributed by atoms with E-state index in [1.165, 1.54) is 24.3 Å². The molecule has 2 aliphatic rings. The van der Waals surface area contributed by atoms with Crippen molar-refractivity contribution in [3.05, 3.63) is 59.5 Å². The Morgan fingerprint density at radius 3 is 2.77 bits per heavy atom. The van der Waals surface area contributed by atoms with Crippen LogP contribution in [0, 0.1) is 5.21 Å². The maximum Gasteiger partial charge on any atom is 0.415 e. The number of ether oxygens (including phenoxy) is 1. The molecule has 1 aromatic rings. The Bertz CT molecular complexity index is 835. The van der Waals surface area contributed by atoms with Crippen molar-refractivity contribution in [3.63, 3.8) is 0 Å². The molecule has 26 heavy (non-hydrogen) atoms. The lowest BCUT2D eigenvalue weighted by atomic mass is 10.0. The Kier molecular flexibility index (Phi) is 4.94. The van der Waals surface area contributed by atoms with E-state index in [-0.39, 0.29) is 28.6 Å². The van der Waals surface area contributed by atoms with Crippen LogP contribution in [0.4, 0.5) is 16.2 Å². The van der Waals surface area contributed by atoms with Gasteiger partial charge in [-0.25, -0.2) is 4.79 Å². The van der Waals surface area contributed by atoms with Gasteiger partial charge in [-0.3, -0.25) is 10.7 Å². The number of carbonyl (C=O) groups excluding carboxylic acids is 1. The molecule has 1 saturated heterocycles. The molecule has 0 aromatic heterocycles. The summed E-state index contributed by atoms with van der Waals surface area (Å²) in [7, 11) is 0. The number of para-hydroxylation sites is 1. The fourth-order valence-corrected chi connectivity index (χ4v) is 2.87. The Morgan fingerprint density at radius 2 is 2.08 bits per heavy atom. The van der Waals surface area contributed by atoms with Crippen molar-refractivity contribution >= 4 is 23.2 Å². The van der Waals surface area contributed by atoms with Crippen LogP contribution < -0.4 is 5.48 Å². The smallest absolute Gasteiger partial charge is 0.415 e. The molecule has 0 bridgehead atoms. The van der Waals surface area contributed by atoms with Crippen molar-refractivity contribution in [1.29, 1.82) is 0 Å². The fraction of sp³-hybridized carbons (Fsp3) is 0.222. The molecule has 1 aliphatic heterocycles. The van der Waals surface area contributed by atoms with Crippen LogP contribution in [0.15, 0.2) is 54.3 Å². The third kappa shape index (κ3) is 3.27. The summed E-state index contributed by atoms with van der Waals surface area (Å²) in [6, 6.07) is 4.18. The summed E-state index contributed by atoms with van der Waals surface area (Å²) in [6.45, 7) is 5.05. The van der Waals surface area contributed by atoms with Crippen LogP contribution in [0.3, 0.4) is 0 Å². The van der Waals surface area contributed by atoms with Crippen molar-refractivity contribution in [1.82, 2.24) is 4.90 Å². The van der Waals surface area contributed by atoms with E-state index >= 15 is 0 Å². The van der Waals surface area contributed by atoms with Gasteiger partial charge in [0.25, 0.3) is 5.71 Å². The first-order chi connectivity index (χ1) is 12.5. The Labute approximate surface area is 150 Å². The number of nitrogens with one attached hydrogen (secondary N) is 1. The van der Waals surface area contributed by atoms with Gasteiger partial charge >= 0.3 is 6.09 Å². The summed E-state index contributed by atoms with van der Waals surface area (Å²) in [5, 5.41) is 32.0. The van der Waals surface area contributed by atoms with Crippen molar-refractivity contribution in [2.75, 3.05) is 18.6 Å². The molecule has 136 valence electrons. The summed E-state index contributed by atoms with van der Waals surface area (Å²) in [5.74, 6) is -0.250. The standard InChI is InChI=1S/C18H19N3O5/c1-12-6-4-9-15(26-18(23)20-10-2-3-11-20)17(12)21(25)13-7-5-8-14(22)16(13)19-24/h4-9,19,22,24H,1-3,10-11H2/b21-17-. The average molecular weight is 357 g/mol. The van der Waals surface area contributed by atoms with Gasteiger partial charge in [-0.1, -0.05) is 18.7 Å². The number of anilines is 1. The molecule has 0 unspecified atom stereocenters. The van der Waals surface area contributed by atoms with Gasteiger partial charge in [0.2, 0.25) is 11.4 Å². The average Bonchev–Trinajstić information content (AvgIpc) is 3.16. The first-order valence-corrected chi connectivity index (χ1v) is 8.14. The number of amides is 1. The molecule has 1 amide bonds. The maximum atomic E-state index is 12.9. The predicted molar refractivity (Wildman–Crippen MR) is 95.5 cm³/mol. The fourth-order valence-electron chi connectivity index (χ4n) is 2.87. The first kappa shape index (κ1) is 17.6. The molecule has 8 nitrogen and oxygen atoms in total. The van der Waals surface area contributed by atoms with Crippen LogP contribution in [-0.2, 0) is 4.74 Å².